The Morgan fingerprint density at radius 1 is 1.24 bits per heavy atom. The first-order valence-electron chi connectivity index (χ1n) is 8.54. The molecule has 0 saturated heterocycles. The lowest BCUT2D eigenvalue weighted by Crippen LogP contribution is -2.10. The summed E-state index contributed by atoms with van der Waals surface area (Å²) < 4.78 is 42.4. The SMILES string of the molecule is CCSc1cn2cc(C(N)=O)nc2cc1-c1nc2cc(C(F)(F)F)ncc2n1C. The van der Waals surface area contributed by atoms with Crippen molar-refractivity contribution in [2.75, 3.05) is 5.75 Å². The zero-order valence-electron chi connectivity index (χ0n) is 15.4. The number of hydrogen-bond donors (Lipinski definition) is 1. The second-order valence-corrected chi connectivity index (χ2v) is 7.60. The number of halogens is 3. The lowest BCUT2D eigenvalue weighted by atomic mass is 10.2. The van der Waals surface area contributed by atoms with Gasteiger partial charge in [0.1, 0.15) is 22.9 Å². The Morgan fingerprint density at radius 3 is 2.66 bits per heavy atom. The second-order valence-electron chi connectivity index (χ2n) is 6.29. The molecular weight excluding hydrogens is 405 g/mol. The summed E-state index contributed by atoms with van der Waals surface area (Å²) >= 11 is 1.54. The number of hydrogen-bond acceptors (Lipinski definition) is 5. The highest BCUT2D eigenvalue weighted by Crippen LogP contribution is 2.35. The topological polar surface area (TPSA) is 91.1 Å². The number of carbonyl (C=O) groups excluding carboxylic acids is 1. The smallest absolute Gasteiger partial charge is 0.364 e. The van der Waals surface area contributed by atoms with Gasteiger partial charge >= 0.3 is 6.18 Å². The number of nitrogens with zero attached hydrogens (tertiary/aromatic N) is 5. The number of primary amides is 1. The fourth-order valence-corrected chi connectivity index (χ4v) is 3.87. The van der Waals surface area contributed by atoms with Crippen molar-refractivity contribution in [2.24, 2.45) is 12.8 Å². The van der Waals surface area contributed by atoms with E-state index in [0.29, 0.717) is 22.6 Å². The minimum Gasteiger partial charge on any atom is -0.364 e. The molecule has 0 radical (unpaired) electrons. The van der Waals surface area contributed by atoms with E-state index in [1.807, 2.05) is 6.92 Å². The van der Waals surface area contributed by atoms with Gasteiger partial charge < -0.3 is 14.7 Å². The van der Waals surface area contributed by atoms with Gasteiger partial charge in [0.05, 0.1) is 17.2 Å². The maximum atomic E-state index is 13.0. The summed E-state index contributed by atoms with van der Waals surface area (Å²) in [5.41, 5.74) is 6.28. The molecule has 0 bridgehead atoms. The van der Waals surface area contributed by atoms with Crippen molar-refractivity contribution in [3.63, 3.8) is 0 Å². The summed E-state index contributed by atoms with van der Waals surface area (Å²) in [5.74, 6) is 0.594. The largest absolute Gasteiger partial charge is 0.433 e. The number of thioether (sulfide) groups is 1. The predicted octanol–water partition coefficient (Wildman–Crippen LogP) is 3.51. The van der Waals surface area contributed by atoms with Crippen LogP contribution in [0.1, 0.15) is 23.1 Å². The third-order valence-electron chi connectivity index (χ3n) is 4.41. The Kier molecular flexibility index (Phi) is 4.49. The van der Waals surface area contributed by atoms with E-state index in [-0.39, 0.29) is 11.2 Å². The molecular formula is C18H15F3N6OS. The van der Waals surface area contributed by atoms with Crippen molar-refractivity contribution >= 4 is 34.3 Å². The zero-order chi connectivity index (χ0) is 20.9. The summed E-state index contributed by atoms with van der Waals surface area (Å²) in [5, 5.41) is 0. The maximum absolute atomic E-state index is 13.0. The van der Waals surface area contributed by atoms with Crippen molar-refractivity contribution in [1.29, 1.82) is 0 Å². The van der Waals surface area contributed by atoms with Crippen LogP contribution in [0, 0.1) is 0 Å². The van der Waals surface area contributed by atoms with Crippen LogP contribution in [0.2, 0.25) is 0 Å². The average molecular weight is 420 g/mol. The molecule has 0 unspecified atom stereocenters. The summed E-state index contributed by atoms with van der Waals surface area (Å²) in [6.07, 6.45) is -0.0395. The van der Waals surface area contributed by atoms with Gasteiger partial charge in [-0.2, -0.15) is 13.2 Å². The lowest BCUT2D eigenvalue weighted by molar-refractivity contribution is -0.141. The summed E-state index contributed by atoms with van der Waals surface area (Å²) in [6.45, 7) is 1.98. The molecule has 0 fully saturated rings. The van der Waals surface area contributed by atoms with E-state index in [1.54, 1.807) is 40.0 Å². The van der Waals surface area contributed by atoms with Gasteiger partial charge in [0, 0.05) is 29.9 Å². The third-order valence-corrected chi connectivity index (χ3v) is 5.33. The van der Waals surface area contributed by atoms with Gasteiger partial charge in [0.2, 0.25) is 0 Å². The van der Waals surface area contributed by atoms with E-state index in [9.17, 15) is 18.0 Å². The molecule has 29 heavy (non-hydrogen) atoms. The molecule has 0 atom stereocenters. The highest BCUT2D eigenvalue weighted by atomic mass is 32.2. The molecule has 4 aromatic heterocycles. The van der Waals surface area contributed by atoms with E-state index in [1.165, 1.54) is 12.4 Å². The maximum Gasteiger partial charge on any atom is 0.433 e. The standard InChI is InChI=1S/C18H15F3N6OS/c1-3-29-13-8-27-7-11(16(22)28)24-15(27)4-9(13)17-25-10-5-14(18(19,20)21)23-6-12(10)26(17)2/h4-8H,3H2,1-2H3,(H2,22,28). The van der Waals surface area contributed by atoms with Crippen LogP contribution in [0.4, 0.5) is 13.2 Å². The normalized spacial score (nSPS) is 12.2. The van der Waals surface area contributed by atoms with Gasteiger partial charge in [-0.15, -0.1) is 11.8 Å². The number of imidazole rings is 2. The Balaban J connectivity index is 1.94. The number of carbonyl (C=O) groups is 1. The van der Waals surface area contributed by atoms with Crippen molar-refractivity contribution < 1.29 is 18.0 Å². The van der Waals surface area contributed by atoms with Gasteiger partial charge in [-0.25, -0.2) is 15.0 Å². The Labute approximate surface area is 166 Å². The molecule has 11 heteroatoms. The molecule has 0 aromatic carbocycles. The van der Waals surface area contributed by atoms with Gasteiger partial charge in [0.25, 0.3) is 5.91 Å². The molecule has 4 heterocycles. The molecule has 0 aliphatic heterocycles. The lowest BCUT2D eigenvalue weighted by Gasteiger charge is -2.09. The number of nitrogens with two attached hydrogens (primary N) is 1. The second kappa shape index (κ2) is 6.76. The van der Waals surface area contributed by atoms with Crippen molar-refractivity contribution in [1.82, 2.24) is 23.9 Å². The van der Waals surface area contributed by atoms with Crippen molar-refractivity contribution in [2.45, 2.75) is 18.0 Å². The molecule has 2 N–H and O–H groups in total. The van der Waals surface area contributed by atoms with E-state index < -0.39 is 17.8 Å². The number of pyridine rings is 2. The minimum absolute atomic E-state index is 0.124. The summed E-state index contributed by atoms with van der Waals surface area (Å²) in [7, 11) is 1.71. The van der Waals surface area contributed by atoms with Crippen LogP contribution in [0.5, 0.6) is 0 Å². The Morgan fingerprint density at radius 2 is 2.00 bits per heavy atom. The van der Waals surface area contributed by atoms with Gasteiger partial charge in [-0.1, -0.05) is 6.92 Å². The first-order valence-corrected chi connectivity index (χ1v) is 9.53. The van der Waals surface area contributed by atoms with Crippen LogP contribution in [-0.2, 0) is 13.2 Å². The first kappa shape index (κ1) is 19.2. The molecule has 7 nitrogen and oxygen atoms in total. The molecule has 4 aromatic rings. The highest BCUT2D eigenvalue weighted by molar-refractivity contribution is 7.99. The minimum atomic E-state index is -4.55. The van der Waals surface area contributed by atoms with Crippen LogP contribution in [0.3, 0.4) is 0 Å². The quantitative estimate of drug-likeness (QED) is 0.510. The number of rotatable bonds is 4. The zero-order valence-corrected chi connectivity index (χ0v) is 16.2. The van der Waals surface area contributed by atoms with E-state index in [2.05, 4.69) is 15.0 Å². The fraction of sp³-hybridized carbons (Fsp3) is 0.222. The van der Waals surface area contributed by atoms with Crippen LogP contribution in [-0.4, -0.2) is 35.6 Å². The predicted molar refractivity (Wildman–Crippen MR) is 103 cm³/mol. The van der Waals surface area contributed by atoms with Gasteiger partial charge in [-0.05, 0) is 17.9 Å². The Bertz CT molecular complexity index is 1260. The monoisotopic (exact) mass is 420 g/mol. The molecule has 1 amide bonds. The molecule has 0 saturated carbocycles. The van der Waals surface area contributed by atoms with Crippen LogP contribution >= 0.6 is 11.8 Å². The van der Waals surface area contributed by atoms with Crippen LogP contribution in [0.15, 0.2) is 35.6 Å². The van der Waals surface area contributed by atoms with Gasteiger partial charge in [-0.3, -0.25) is 4.79 Å². The number of aromatic nitrogens is 5. The van der Waals surface area contributed by atoms with E-state index in [4.69, 9.17) is 5.73 Å². The molecule has 0 aliphatic carbocycles. The fourth-order valence-electron chi connectivity index (χ4n) is 3.06. The highest BCUT2D eigenvalue weighted by Gasteiger charge is 2.33. The molecule has 0 aliphatic rings. The number of alkyl halides is 3. The van der Waals surface area contributed by atoms with E-state index in [0.717, 1.165) is 16.7 Å². The third kappa shape index (κ3) is 3.31. The number of fused-ring (bicyclic) bond motifs is 2. The first-order chi connectivity index (χ1) is 13.7. The van der Waals surface area contributed by atoms with Crippen LogP contribution < -0.4 is 5.73 Å². The summed E-state index contributed by atoms with van der Waals surface area (Å²) in [4.78, 5) is 24.4. The molecule has 150 valence electrons. The number of amides is 1. The Hall–Kier alpha value is -3.08. The molecule has 4 rings (SSSR count). The summed E-state index contributed by atoms with van der Waals surface area (Å²) in [6, 6.07) is 2.68. The number of aryl methyl sites for hydroxylation is 1. The molecule has 0 spiro atoms. The van der Waals surface area contributed by atoms with Crippen molar-refractivity contribution in [3.05, 3.63) is 42.1 Å². The van der Waals surface area contributed by atoms with E-state index >= 15 is 0 Å². The van der Waals surface area contributed by atoms with Gasteiger partial charge in [0.15, 0.2) is 0 Å². The average Bonchev–Trinajstić information content (AvgIpc) is 3.21. The van der Waals surface area contributed by atoms with Crippen LogP contribution in [0.25, 0.3) is 28.1 Å². The van der Waals surface area contributed by atoms with Crippen molar-refractivity contribution in [3.8, 4) is 11.4 Å².